The van der Waals surface area contributed by atoms with Crippen LogP contribution in [0.4, 0.5) is 0 Å². The van der Waals surface area contributed by atoms with E-state index in [1.165, 1.54) is 16.7 Å². The number of aromatic nitrogens is 2. The number of hydrogen-bond acceptors (Lipinski definition) is 4. The maximum Gasteiger partial charge on any atom is 0.146 e. The smallest absolute Gasteiger partial charge is 0.146 e. The first-order chi connectivity index (χ1) is 12.8. The number of benzene rings is 1. The molecule has 3 aromatic rings. The van der Waals surface area contributed by atoms with Gasteiger partial charge in [-0.25, -0.2) is 0 Å². The lowest BCUT2D eigenvalue weighted by atomic mass is 9.98. The van der Waals surface area contributed by atoms with Gasteiger partial charge in [0.2, 0.25) is 0 Å². The predicted octanol–water partition coefficient (Wildman–Crippen LogP) is 3.72. The molecule has 0 aliphatic carbocycles. The van der Waals surface area contributed by atoms with E-state index in [0.717, 1.165) is 48.6 Å². The Morgan fingerprint density at radius 1 is 0.962 bits per heavy atom. The lowest BCUT2D eigenvalue weighted by molar-refractivity contribution is 0.301. The fourth-order valence-corrected chi connectivity index (χ4v) is 3.37. The third-order valence-electron chi connectivity index (χ3n) is 4.74. The van der Waals surface area contributed by atoms with Gasteiger partial charge < -0.3 is 10.1 Å². The largest absolute Gasteiger partial charge is 0.485 e. The van der Waals surface area contributed by atoms with Crippen molar-refractivity contribution in [2.45, 2.75) is 26.4 Å². The predicted molar refractivity (Wildman–Crippen MR) is 103 cm³/mol. The van der Waals surface area contributed by atoms with Gasteiger partial charge in [0.25, 0.3) is 0 Å². The average molecular weight is 345 g/mol. The standard InChI is InChI=1S/C22H23N3O/c1-16-6-12-24-20(13-16)15-26-21-3-2-9-25-22(21)19-5-4-17-7-10-23-11-8-18(17)14-19/h2-6,9,12-14,23H,7-8,10-11,15H2,1H3. The minimum atomic E-state index is 0.440. The molecule has 0 bridgehead atoms. The molecule has 2 aromatic heterocycles. The molecule has 0 atom stereocenters. The Hall–Kier alpha value is -2.72. The third-order valence-corrected chi connectivity index (χ3v) is 4.74. The second-order valence-corrected chi connectivity index (χ2v) is 6.70. The Morgan fingerprint density at radius 3 is 2.73 bits per heavy atom. The summed E-state index contributed by atoms with van der Waals surface area (Å²) in [6.45, 7) is 4.58. The summed E-state index contributed by atoms with van der Waals surface area (Å²) in [4.78, 5) is 8.96. The van der Waals surface area contributed by atoms with Crippen LogP contribution in [0.2, 0.25) is 0 Å². The molecule has 1 aliphatic rings. The highest BCUT2D eigenvalue weighted by molar-refractivity contribution is 5.67. The van der Waals surface area contributed by atoms with Gasteiger partial charge in [-0.05, 0) is 79.9 Å². The summed E-state index contributed by atoms with van der Waals surface area (Å²) >= 11 is 0. The van der Waals surface area contributed by atoms with Crippen molar-refractivity contribution in [3.8, 4) is 17.0 Å². The number of nitrogens with zero attached hydrogens (tertiary/aromatic N) is 2. The van der Waals surface area contributed by atoms with Crippen LogP contribution in [-0.2, 0) is 19.4 Å². The molecule has 0 fully saturated rings. The fraction of sp³-hybridized carbons (Fsp3) is 0.273. The summed E-state index contributed by atoms with van der Waals surface area (Å²) in [6, 6.07) is 14.6. The molecule has 4 heteroatoms. The number of fused-ring (bicyclic) bond motifs is 1. The van der Waals surface area contributed by atoms with Gasteiger partial charge in [-0.15, -0.1) is 0 Å². The summed E-state index contributed by atoms with van der Waals surface area (Å²) in [5.41, 5.74) is 6.95. The monoisotopic (exact) mass is 345 g/mol. The van der Waals surface area contributed by atoms with Crippen molar-refractivity contribution < 1.29 is 4.74 Å². The fourth-order valence-electron chi connectivity index (χ4n) is 3.37. The SMILES string of the molecule is Cc1ccnc(COc2cccnc2-c2ccc3c(c2)CCNCC3)c1. The van der Waals surface area contributed by atoms with E-state index >= 15 is 0 Å². The minimum absolute atomic E-state index is 0.440. The molecule has 0 radical (unpaired) electrons. The van der Waals surface area contributed by atoms with Crippen LogP contribution in [0.15, 0.2) is 54.9 Å². The van der Waals surface area contributed by atoms with Crippen LogP contribution in [0.1, 0.15) is 22.4 Å². The van der Waals surface area contributed by atoms with Gasteiger partial charge in [-0.1, -0.05) is 12.1 Å². The molecule has 26 heavy (non-hydrogen) atoms. The summed E-state index contributed by atoms with van der Waals surface area (Å²) in [7, 11) is 0. The van der Waals surface area contributed by atoms with Crippen molar-refractivity contribution in [2.75, 3.05) is 13.1 Å². The van der Waals surface area contributed by atoms with Crippen molar-refractivity contribution >= 4 is 0 Å². The Balaban J connectivity index is 1.60. The molecule has 0 saturated carbocycles. The Labute approximate surface area is 154 Å². The first-order valence-corrected chi connectivity index (χ1v) is 9.12. The van der Waals surface area contributed by atoms with E-state index in [1.807, 2.05) is 36.7 Å². The highest BCUT2D eigenvalue weighted by Crippen LogP contribution is 2.30. The molecule has 1 N–H and O–H groups in total. The van der Waals surface area contributed by atoms with E-state index in [1.54, 1.807) is 0 Å². The molecule has 0 spiro atoms. The minimum Gasteiger partial charge on any atom is -0.485 e. The molecule has 3 heterocycles. The van der Waals surface area contributed by atoms with Crippen LogP contribution >= 0.6 is 0 Å². The molecule has 132 valence electrons. The number of aryl methyl sites for hydroxylation is 1. The van der Waals surface area contributed by atoms with Crippen molar-refractivity contribution in [1.82, 2.24) is 15.3 Å². The van der Waals surface area contributed by atoms with Crippen molar-refractivity contribution in [3.63, 3.8) is 0 Å². The molecule has 0 unspecified atom stereocenters. The van der Waals surface area contributed by atoms with Gasteiger partial charge in [0, 0.05) is 18.0 Å². The van der Waals surface area contributed by atoms with Crippen molar-refractivity contribution in [1.29, 1.82) is 0 Å². The first kappa shape index (κ1) is 16.7. The summed E-state index contributed by atoms with van der Waals surface area (Å²) in [5, 5.41) is 3.46. The van der Waals surface area contributed by atoms with Gasteiger partial charge in [0.1, 0.15) is 18.1 Å². The number of hydrogen-bond donors (Lipinski definition) is 1. The highest BCUT2D eigenvalue weighted by atomic mass is 16.5. The maximum atomic E-state index is 6.06. The second kappa shape index (κ2) is 7.67. The van der Waals surface area contributed by atoms with E-state index in [4.69, 9.17) is 4.74 Å². The van der Waals surface area contributed by atoms with E-state index in [9.17, 15) is 0 Å². The molecule has 4 rings (SSSR count). The van der Waals surface area contributed by atoms with Crippen molar-refractivity contribution in [2.24, 2.45) is 0 Å². The zero-order valence-electron chi connectivity index (χ0n) is 15.0. The average Bonchev–Trinajstić information content (AvgIpc) is 2.91. The topological polar surface area (TPSA) is 47.0 Å². The Bertz CT molecular complexity index is 907. The lowest BCUT2D eigenvalue weighted by Gasteiger charge is -2.13. The molecular formula is C22H23N3O. The number of rotatable bonds is 4. The third kappa shape index (κ3) is 3.75. The van der Waals surface area contributed by atoms with Gasteiger partial charge in [0.05, 0.1) is 5.69 Å². The molecule has 0 amide bonds. The molecule has 0 saturated heterocycles. The number of nitrogens with one attached hydrogen (secondary N) is 1. The van der Waals surface area contributed by atoms with Crippen LogP contribution in [0.5, 0.6) is 5.75 Å². The quantitative estimate of drug-likeness (QED) is 0.783. The van der Waals surface area contributed by atoms with Crippen LogP contribution < -0.4 is 10.1 Å². The highest BCUT2D eigenvalue weighted by Gasteiger charge is 2.13. The van der Waals surface area contributed by atoms with Gasteiger partial charge in [0.15, 0.2) is 0 Å². The van der Waals surface area contributed by atoms with Crippen LogP contribution in [0.25, 0.3) is 11.3 Å². The summed E-state index contributed by atoms with van der Waals surface area (Å²) < 4.78 is 6.06. The van der Waals surface area contributed by atoms with Crippen LogP contribution in [0, 0.1) is 6.92 Å². The van der Waals surface area contributed by atoms with E-state index in [-0.39, 0.29) is 0 Å². The maximum absolute atomic E-state index is 6.06. The van der Waals surface area contributed by atoms with Crippen LogP contribution in [0.3, 0.4) is 0 Å². The van der Waals surface area contributed by atoms with Gasteiger partial charge in [-0.2, -0.15) is 0 Å². The van der Waals surface area contributed by atoms with Gasteiger partial charge in [-0.3, -0.25) is 9.97 Å². The normalized spacial score (nSPS) is 13.7. The summed E-state index contributed by atoms with van der Waals surface area (Å²) in [5.74, 6) is 0.794. The lowest BCUT2D eigenvalue weighted by Crippen LogP contribution is -2.16. The molecular weight excluding hydrogens is 322 g/mol. The van der Waals surface area contributed by atoms with E-state index in [0.29, 0.717) is 6.61 Å². The first-order valence-electron chi connectivity index (χ1n) is 9.12. The Morgan fingerprint density at radius 2 is 1.85 bits per heavy atom. The van der Waals surface area contributed by atoms with Crippen molar-refractivity contribution in [3.05, 3.63) is 77.2 Å². The van der Waals surface area contributed by atoms with Gasteiger partial charge >= 0.3 is 0 Å². The summed E-state index contributed by atoms with van der Waals surface area (Å²) in [6.07, 6.45) is 5.78. The molecule has 1 aromatic carbocycles. The molecule has 4 nitrogen and oxygen atoms in total. The number of ether oxygens (including phenoxy) is 1. The van der Waals surface area contributed by atoms with E-state index < -0.39 is 0 Å². The zero-order valence-corrected chi connectivity index (χ0v) is 15.0. The molecule has 1 aliphatic heterocycles. The zero-order chi connectivity index (χ0) is 17.8. The Kier molecular flexibility index (Phi) is 4.93. The van der Waals surface area contributed by atoms with Crippen LogP contribution in [-0.4, -0.2) is 23.1 Å². The van der Waals surface area contributed by atoms with E-state index in [2.05, 4.69) is 40.4 Å². The second-order valence-electron chi connectivity index (χ2n) is 6.70. The number of pyridine rings is 2.